The molecular weight excluding hydrogens is 454 g/mol. The van der Waals surface area contributed by atoms with E-state index in [1.165, 1.54) is 31.4 Å². The van der Waals surface area contributed by atoms with E-state index in [0.29, 0.717) is 48.6 Å². The number of nitrogens with one attached hydrogen (secondary N) is 2. The lowest BCUT2D eigenvalue weighted by molar-refractivity contribution is 0.0949. The molecule has 2 N–H and O–H groups in total. The zero-order valence-corrected chi connectivity index (χ0v) is 20.4. The maximum absolute atomic E-state index is 12.8. The Kier molecular flexibility index (Phi) is 7.95. The predicted octanol–water partition coefficient (Wildman–Crippen LogP) is 3.64. The van der Waals surface area contributed by atoms with Crippen molar-refractivity contribution in [3.63, 3.8) is 0 Å². The third-order valence-corrected chi connectivity index (χ3v) is 7.66. The van der Waals surface area contributed by atoms with E-state index in [0.717, 1.165) is 25.9 Å². The van der Waals surface area contributed by atoms with Gasteiger partial charge in [0.05, 0.1) is 18.1 Å². The minimum absolute atomic E-state index is 0.0848. The zero-order chi connectivity index (χ0) is 24.0. The molecule has 0 spiro atoms. The van der Waals surface area contributed by atoms with E-state index in [9.17, 15) is 13.2 Å². The number of rotatable bonds is 8. The van der Waals surface area contributed by atoms with Crippen molar-refractivity contribution in [2.24, 2.45) is 0 Å². The van der Waals surface area contributed by atoms with E-state index in [2.05, 4.69) is 21.9 Å². The maximum atomic E-state index is 12.8. The highest BCUT2D eigenvalue weighted by Crippen LogP contribution is 2.32. The molecule has 8 nitrogen and oxygen atoms in total. The summed E-state index contributed by atoms with van der Waals surface area (Å²) in [6.45, 7) is 6.02. The van der Waals surface area contributed by atoms with Crippen LogP contribution in [0.2, 0.25) is 0 Å². The predicted molar refractivity (Wildman–Crippen MR) is 131 cm³/mol. The second-order valence-corrected chi connectivity index (χ2v) is 10.5. The van der Waals surface area contributed by atoms with Crippen molar-refractivity contribution < 1.29 is 22.7 Å². The van der Waals surface area contributed by atoms with Crippen molar-refractivity contribution in [2.45, 2.75) is 50.0 Å². The number of ether oxygens (including phenoxy) is 2. The molecule has 9 heteroatoms. The summed E-state index contributed by atoms with van der Waals surface area (Å²) in [7, 11) is -3.82. The molecule has 0 saturated carbocycles. The molecule has 0 aromatic heterocycles. The quantitative estimate of drug-likeness (QED) is 0.552. The molecule has 2 aliphatic heterocycles. The Balaban J connectivity index is 1.29. The summed E-state index contributed by atoms with van der Waals surface area (Å²) in [6.07, 6.45) is 5.45. The number of amides is 1. The number of sulfonamides is 1. The molecule has 2 heterocycles. The molecule has 2 aliphatic rings. The SMILES string of the molecule is C[C@H]1CCCCN1CCCNC(=O)c1ccc(NS(=O)(=O)c2ccc3c(c2)OCCCO3)cc1. The van der Waals surface area contributed by atoms with Gasteiger partial charge in [0.1, 0.15) is 0 Å². The molecule has 0 unspecified atom stereocenters. The second-order valence-electron chi connectivity index (χ2n) is 8.83. The van der Waals surface area contributed by atoms with Gasteiger partial charge in [-0.15, -0.1) is 0 Å². The smallest absolute Gasteiger partial charge is 0.262 e. The molecular formula is C25H33N3O5S. The first kappa shape index (κ1) is 24.3. The summed E-state index contributed by atoms with van der Waals surface area (Å²) >= 11 is 0. The minimum atomic E-state index is -3.82. The molecule has 0 radical (unpaired) electrons. The van der Waals surface area contributed by atoms with Crippen LogP contribution in [0.5, 0.6) is 11.5 Å². The fourth-order valence-corrected chi connectivity index (χ4v) is 5.36. The van der Waals surface area contributed by atoms with Crippen molar-refractivity contribution in [3.05, 3.63) is 48.0 Å². The number of carbonyl (C=O) groups excluding carboxylic acids is 1. The summed E-state index contributed by atoms with van der Waals surface area (Å²) in [4.78, 5) is 15.0. The Bertz CT molecular complexity index is 1090. The number of hydrogen-bond acceptors (Lipinski definition) is 6. The van der Waals surface area contributed by atoms with E-state index in [1.54, 1.807) is 30.3 Å². The molecule has 1 amide bonds. The lowest BCUT2D eigenvalue weighted by Gasteiger charge is -2.33. The van der Waals surface area contributed by atoms with Gasteiger partial charge >= 0.3 is 0 Å². The molecule has 34 heavy (non-hydrogen) atoms. The first-order valence-corrected chi connectivity index (χ1v) is 13.5. The van der Waals surface area contributed by atoms with Crippen LogP contribution in [-0.2, 0) is 10.0 Å². The van der Waals surface area contributed by atoms with Gasteiger partial charge in [-0.3, -0.25) is 9.52 Å². The van der Waals surface area contributed by atoms with E-state index >= 15 is 0 Å². The van der Waals surface area contributed by atoms with Gasteiger partial charge in [-0.05, 0) is 69.1 Å². The maximum Gasteiger partial charge on any atom is 0.262 e. The lowest BCUT2D eigenvalue weighted by Crippen LogP contribution is -2.39. The largest absolute Gasteiger partial charge is 0.490 e. The number of piperidine rings is 1. The molecule has 0 bridgehead atoms. The number of nitrogens with zero attached hydrogens (tertiary/aromatic N) is 1. The van der Waals surface area contributed by atoms with Gasteiger partial charge in [0, 0.05) is 42.9 Å². The highest BCUT2D eigenvalue weighted by Gasteiger charge is 2.20. The van der Waals surface area contributed by atoms with E-state index in [-0.39, 0.29) is 10.8 Å². The zero-order valence-electron chi connectivity index (χ0n) is 19.6. The first-order valence-electron chi connectivity index (χ1n) is 12.0. The molecule has 1 saturated heterocycles. The van der Waals surface area contributed by atoms with Crippen molar-refractivity contribution in [2.75, 3.05) is 37.6 Å². The summed E-state index contributed by atoms with van der Waals surface area (Å²) in [5, 5.41) is 2.95. The summed E-state index contributed by atoms with van der Waals surface area (Å²) in [5.74, 6) is 0.795. The number of benzene rings is 2. The number of carbonyl (C=O) groups is 1. The highest BCUT2D eigenvalue weighted by molar-refractivity contribution is 7.92. The van der Waals surface area contributed by atoms with Gasteiger partial charge in [-0.25, -0.2) is 8.42 Å². The number of fused-ring (bicyclic) bond motifs is 1. The van der Waals surface area contributed by atoms with Crippen LogP contribution in [-0.4, -0.2) is 58.1 Å². The van der Waals surface area contributed by atoms with Gasteiger partial charge in [0.25, 0.3) is 15.9 Å². The van der Waals surface area contributed by atoms with Crippen molar-refractivity contribution >= 4 is 21.6 Å². The summed E-state index contributed by atoms with van der Waals surface area (Å²) in [5.41, 5.74) is 0.868. The van der Waals surface area contributed by atoms with Gasteiger partial charge < -0.3 is 19.7 Å². The van der Waals surface area contributed by atoms with Crippen LogP contribution in [0.1, 0.15) is 49.4 Å². The average molecular weight is 488 g/mol. The van der Waals surface area contributed by atoms with E-state index in [4.69, 9.17) is 9.47 Å². The van der Waals surface area contributed by atoms with Gasteiger partial charge in [0.15, 0.2) is 11.5 Å². The molecule has 1 atom stereocenters. The molecule has 1 fully saturated rings. The van der Waals surface area contributed by atoms with Crippen molar-refractivity contribution in [1.82, 2.24) is 10.2 Å². The Morgan fingerprint density at radius 1 is 1.03 bits per heavy atom. The van der Waals surface area contributed by atoms with E-state index in [1.807, 2.05) is 0 Å². The standard InChI is InChI=1S/C25H33N3O5S/c1-19-6-2-3-14-28(19)15-4-13-26-25(29)20-7-9-21(10-8-20)27-34(30,31)22-11-12-23-24(18-22)33-17-5-16-32-23/h7-12,18-19,27H,2-6,13-17H2,1H3,(H,26,29)/t19-/m0/s1. The number of anilines is 1. The van der Waals surface area contributed by atoms with Gasteiger partial charge in [-0.1, -0.05) is 6.42 Å². The molecule has 0 aliphatic carbocycles. The highest BCUT2D eigenvalue weighted by atomic mass is 32.2. The summed E-state index contributed by atoms with van der Waals surface area (Å²) < 4.78 is 39.4. The van der Waals surface area contributed by atoms with Crippen molar-refractivity contribution in [3.8, 4) is 11.5 Å². The summed E-state index contributed by atoms with van der Waals surface area (Å²) in [6, 6.07) is 11.6. The van der Waals surface area contributed by atoms with Crippen LogP contribution in [0, 0.1) is 0 Å². The molecule has 184 valence electrons. The second kappa shape index (κ2) is 11.1. The van der Waals surface area contributed by atoms with Crippen LogP contribution in [0.4, 0.5) is 5.69 Å². The third kappa shape index (κ3) is 6.21. The number of likely N-dealkylation sites (tertiary alicyclic amines) is 1. The topological polar surface area (TPSA) is 97.0 Å². The average Bonchev–Trinajstić information content (AvgIpc) is 3.08. The van der Waals surface area contributed by atoms with Gasteiger partial charge in [0.2, 0.25) is 0 Å². The fraction of sp³-hybridized carbons (Fsp3) is 0.480. The molecule has 4 rings (SSSR count). The minimum Gasteiger partial charge on any atom is -0.490 e. The number of hydrogen-bond donors (Lipinski definition) is 2. The Morgan fingerprint density at radius 2 is 1.79 bits per heavy atom. The van der Waals surface area contributed by atoms with E-state index < -0.39 is 10.0 Å². The Morgan fingerprint density at radius 3 is 2.56 bits per heavy atom. The van der Waals surface area contributed by atoms with Crippen LogP contribution < -0.4 is 19.5 Å². The Labute approximate surface area is 201 Å². The third-order valence-electron chi connectivity index (χ3n) is 6.28. The van der Waals surface area contributed by atoms with Gasteiger partial charge in [-0.2, -0.15) is 0 Å². The molecule has 2 aromatic rings. The van der Waals surface area contributed by atoms with Crippen LogP contribution >= 0.6 is 0 Å². The normalized spacial score (nSPS) is 18.7. The van der Waals surface area contributed by atoms with Crippen LogP contribution in [0.25, 0.3) is 0 Å². The fourth-order valence-electron chi connectivity index (χ4n) is 4.29. The first-order chi connectivity index (χ1) is 16.4. The Hall–Kier alpha value is -2.78. The monoisotopic (exact) mass is 487 g/mol. The van der Waals surface area contributed by atoms with Crippen molar-refractivity contribution in [1.29, 1.82) is 0 Å². The van der Waals surface area contributed by atoms with Crippen LogP contribution in [0.15, 0.2) is 47.4 Å². The lowest BCUT2D eigenvalue weighted by atomic mass is 10.0. The molecule has 2 aromatic carbocycles. The van der Waals surface area contributed by atoms with Crippen LogP contribution in [0.3, 0.4) is 0 Å².